The van der Waals surface area contributed by atoms with E-state index in [4.69, 9.17) is 4.74 Å². The van der Waals surface area contributed by atoms with Gasteiger partial charge < -0.3 is 14.2 Å². The van der Waals surface area contributed by atoms with Crippen molar-refractivity contribution < 1.29 is 9.53 Å². The SMILES string of the molecule is CC(C)(C)C#Cc1ccc2cc1CN1CCN(CC1=O)Cc1cncn1Cc1ccc(C#N)c(c1)O2. The third-order valence-corrected chi connectivity index (χ3v) is 6.34. The molecule has 2 aromatic carbocycles. The Kier molecular flexibility index (Phi) is 6.26. The number of amides is 1. The Balaban J connectivity index is 1.59. The van der Waals surface area contributed by atoms with Crippen molar-refractivity contribution in [3.05, 3.63) is 76.9 Å². The van der Waals surface area contributed by atoms with Crippen molar-refractivity contribution in [3.8, 4) is 29.4 Å². The van der Waals surface area contributed by atoms with Crippen molar-refractivity contribution >= 4 is 5.91 Å². The Morgan fingerprint density at radius 1 is 1.00 bits per heavy atom. The number of carbonyl (C=O) groups is 1. The van der Waals surface area contributed by atoms with Crippen LogP contribution in [-0.2, 0) is 24.4 Å². The van der Waals surface area contributed by atoms with Crippen molar-refractivity contribution in [2.45, 2.75) is 40.4 Å². The van der Waals surface area contributed by atoms with Crippen LogP contribution in [0.4, 0.5) is 0 Å². The Morgan fingerprint density at radius 3 is 2.61 bits per heavy atom. The smallest absolute Gasteiger partial charge is 0.237 e. The number of ether oxygens (including phenoxy) is 1. The van der Waals surface area contributed by atoms with E-state index in [9.17, 15) is 10.1 Å². The molecule has 6 rings (SSSR count). The van der Waals surface area contributed by atoms with Crippen molar-refractivity contribution in [3.63, 3.8) is 0 Å². The van der Waals surface area contributed by atoms with Crippen LogP contribution >= 0.6 is 0 Å². The summed E-state index contributed by atoms with van der Waals surface area (Å²) in [6.45, 7) is 9.73. The molecular formula is C29H29N5O2. The molecule has 0 radical (unpaired) electrons. The number of rotatable bonds is 0. The van der Waals surface area contributed by atoms with E-state index in [1.165, 1.54) is 0 Å². The maximum atomic E-state index is 13.1. The molecule has 36 heavy (non-hydrogen) atoms. The van der Waals surface area contributed by atoms with E-state index in [2.05, 4.69) is 53.1 Å². The van der Waals surface area contributed by atoms with Gasteiger partial charge in [-0.1, -0.05) is 17.9 Å². The predicted octanol–water partition coefficient (Wildman–Crippen LogP) is 4.15. The third-order valence-electron chi connectivity index (χ3n) is 6.34. The van der Waals surface area contributed by atoms with E-state index in [1.54, 1.807) is 12.4 Å². The van der Waals surface area contributed by atoms with Crippen molar-refractivity contribution in [2.75, 3.05) is 19.6 Å². The minimum absolute atomic E-state index is 0.0949. The van der Waals surface area contributed by atoms with Crippen LogP contribution in [0.15, 0.2) is 48.9 Å². The summed E-state index contributed by atoms with van der Waals surface area (Å²) in [5.74, 6) is 7.83. The number of nitrogens with zero attached hydrogens (tertiary/aromatic N) is 5. The van der Waals surface area contributed by atoms with E-state index in [-0.39, 0.29) is 11.3 Å². The number of aromatic nitrogens is 2. The molecule has 182 valence electrons. The maximum Gasteiger partial charge on any atom is 0.237 e. The number of carbonyl (C=O) groups excluding carboxylic acids is 1. The van der Waals surface area contributed by atoms with Crippen molar-refractivity contribution in [1.29, 1.82) is 5.26 Å². The van der Waals surface area contributed by atoms with Gasteiger partial charge in [0.05, 0.1) is 24.1 Å². The zero-order chi connectivity index (χ0) is 25.3. The fourth-order valence-electron chi connectivity index (χ4n) is 4.42. The van der Waals surface area contributed by atoms with Crippen LogP contribution in [0.25, 0.3) is 0 Å². The van der Waals surface area contributed by atoms with Gasteiger partial charge in [-0.2, -0.15) is 5.26 Å². The fourth-order valence-corrected chi connectivity index (χ4v) is 4.42. The minimum Gasteiger partial charge on any atom is -0.456 e. The normalized spacial score (nSPS) is 17.4. The molecule has 0 saturated carbocycles. The van der Waals surface area contributed by atoms with Crippen LogP contribution in [0.5, 0.6) is 11.5 Å². The van der Waals surface area contributed by atoms with Gasteiger partial charge in [0.25, 0.3) is 0 Å². The zero-order valence-corrected chi connectivity index (χ0v) is 20.9. The Hall–Kier alpha value is -4.07. The second kappa shape index (κ2) is 9.53. The first-order valence-electron chi connectivity index (χ1n) is 12.1. The lowest BCUT2D eigenvalue weighted by Crippen LogP contribution is -2.49. The number of fused-ring (bicyclic) bond motifs is 2. The summed E-state index contributed by atoms with van der Waals surface area (Å²) in [6, 6.07) is 13.7. The highest BCUT2D eigenvalue weighted by Gasteiger charge is 2.26. The summed E-state index contributed by atoms with van der Waals surface area (Å²) in [6.07, 6.45) is 3.66. The molecule has 7 nitrogen and oxygen atoms in total. The van der Waals surface area contributed by atoms with E-state index in [1.807, 2.05) is 41.4 Å². The molecule has 1 saturated heterocycles. The highest BCUT2D eigenvalue weighted by molar-refractivity contribution is 5.79. The van der Waals surface area contributed by atoms with Gasteiger partial charge in [0, 0.05) is 49.9 Å². The van der Waals surface area contributed by atoms with E-state index in [0.717, 1.165) is 28.9 Å². The highest BCUT2D eigenvalue weighted by atomic mass is 16.5. The fraction of sp³-hybridized carbons (Fsp3) is 0.345. The lowest BCUT2D eigenvalue weighted by atomic mass is 9.96. The summed E-state index contributed by atoms with van der Waals surface area (Å²) in [5, 5.41) is 9.68. The summed E-state index contributed by atoms with van der Waals surface area (Å²) in [5.41, 5.74) is 4.19. The Morgan fingerprint density at radius 2 is 1.83 bits per heavy atom. The molecule has 1 atom stereocenters. The molecule has 0 N–H and O–H groups in total. The number of benzene rings is 2. The molecule has 3 aromatic rings. The molecule has 1 fully saturated rings. The van der Waals surface area contributed by atoms with Crippen molar-refractivity contribution in [2.24, 2.45) is 5.41 Å². The standard InChI is InChI=1S/C29H29N5O2/c1-29(2,3)9-8-22-6-7-26-13-24(22)17-33-11-10-32(19-28(33)35)18-25-15-31-20-34(25)16-21-4-5-23(14-30)27(12-21)36-26/h4-7,12-13,15,20H,10-11,16-19H2,1-3H3. The van der Waals surface area contributed by atoms with Crippen LogP contribution in [0.1, 0.15) is 48.7 Å². The number of imidazole rings is 1. The molecule has 0 aliphatic carbocycles. The van der Waals surface area contributed by atoms with Gasteiger partial charge in [-0.25, -0.2) is 4.98 Å². The van der Waals surface area contributed by atoms with Gasteiger partial charge in [0.1, 0.15) is 17.6 Å². The molecular weight excluding hydrogens is 450 g/mol. The first kappa shape index (κ1) is 23.7. The molecule has 0 spiro atoms. The van der Waals surface area contributed by atoms with Crippen LogP contribution in [0.3, 0.4) is 0 Å². The van der Waals surface area contributed by atoms with Crippen LogP contribution < -0.4 is 4.74 Å². The largest absolute Gasteiger partial charge is 0.456 e. The summed E-state index contributed by atoms with van der Waals surface area (Å²) < 4.78 is 8.33. The number of hydrogen-bond acceptors (Lipinski definition) is 5. The van der Waals surface area contributed by atoms with Gasteiger partial charge in [-0.3, -0.25) is 9.69 Å². The minimum atomic E-state index is -0.143. The summed E-state index contributed by atoms with van der Waals surface area (Å²) in [7, 11) is 0. The highest BCUT2D eigenvalue weighted by Crippen LogP contribution is 2.29. The van der Waals surface area contributed by atoms with Crippen LogP contribution in [0, 0.1) is 28.6 Å². The molecule has 1 unspecified atom stereocenters. The molecule has 3 aliphatic rings. The Labute approximate surface area is 211 Å². The van der Waals surface area contributed by atoms with E-state index >= 15 is 0 Å². The lowest BCUT2D eigenvalue weighted by molar-refractivity contribution is -0.136. The average Bonchev–Trinajstić information content (AvgIpc) is 3.25. The van der Waals surface area contributed by atoms with Crippen LogP contribution in [-0.4, -0.2) is 44.9 Å². The quantitative estimate of drug-likeness (QED) is 0.453. The second-order valence-corrected chi connectivity index (χ2v) is 10.4. The van der Waals surface area contributed by atoms with Gasteiger partial charge >= 0.3 is 0 Å². The van der Waals surface area contributed by atoms with Crippen molar-refractivity contribution in [1.82, 2.24) is 19.4 Å². The molecule has 1 aromatic heterocycles. The summed E-state index contributed by atoms with van der Waals surface area (Å²) >= 11 is 0. The van der Waals surface area contributed by atoms with E-state index in [0.29, 0.717) is 49.8 Å². The molecule has 3 aliphatic heterocycles. The zero-order valence-electron chi connectivity index (χ0n) is 20.9. The van der Waals surface area contributed by atoms with Gasteiger partial charge in [-0.15, -0.1) is 0 Å². The molecule has 6 bridgehead atoms. The summed E-state index contributed by atoms with van der Waals surface area (Å²) in [4.78, 5) is 21.5. The second-order valence-electron chi connectivity index (χ2n) is 10.4. The van der Waals surface area contributed by atoms with Gasteiger partial charge in [0.2, 0.25) is 5.91 Å². The topological polar surface area (TPSA) is 74.4 Å². The first-order valence-corrected chi connectivity index (χ1v) is 12.1. The maximum absolute atomic E-state index is 13.1. The monoisotopic (exact) mass is 479 g/mol. The Bertz CT molecular complexity index is 1410. The number of piperazine rings is 1. The van der Waals surface area contributed by atoms with Gasteiger partial charge in [0.15, 0.2) is 0 Å². The number of hydrogen-bond donors (Lipinski definition) is 0. The van der Waals surface area contributed by atoms with Crippen LogP contribution in [0.2, 0.25) is 0 Å². The number of nitriles is 1. The third kappa shape index (κ3) is 5.27. The molecule has 4 heterocycles. The predicted molar refractivity (Wildman–Crippen MR) is 136 cm³/mol. The lowest BCUT2D eigenvalue weighted by Gasteiger charge is -2.34. The molecule has 1 amide bonds. The van der Waals surface area contributed by atoms with E-state index < -0.39 is 0 Å². The van der Waals surface area contributed by atoms with Gasteiger partial charge in [-0.05, 0) is 62.2 Å². The first-order chi connectivity index (χ1) is 17.3. The average molecular weight is 480 g/mol. The molecule has 7 heteroatoms.